The molecule has 1 aromatic heterocycles. The fourth-order valence-corrected chi connectivity index (χ4v) is 2.96. The Bertz CT molecular complexity index is 390. The number of aryl methyl sites for hydroxylation is 1. The number of anilines is 1. The van der Waals surface area contributed by atoms with Crippen LogP contribution >= 0.6 is 23.1 Å². The molecular formula is C6H10ClN3O2S2. The van der Waals surface area contributed by atoms with E-state index in [1.54, 1.807) is 6.92 Å². The number of nitrogens with zero attached hydrogens (tertiary/aromatic N) is 2. The SMILES string of the molecule is Cc1nsc(NS(=O)(=O)CCCCl)n1. The first kappa shape index (κ1) is 11.7. The van der Waals surface area contributed by atoms with Gasteiger partial charge in [-0.1, -0.05) is 0 Å². The van der Waals surface area contributed by atoms with Crippen LogP contribution in [0.3, 0.4) is 0 Å². The lowest BCUT2D eigenvalue weighted by Crippen LogP contribution is -2.16. The molecule has 0 atom stereocenters. The van der Waals surface area contributed by atoms with Gasteiger partial charge < -0.3 is 0 Å². The number of rotatable bonds is 5. The second-order valence-corrected chi connectivity index (χ2v) is 5.58. The van der Waals surface area contributed by atoms with E-state index in [1.165, 1.54) is 0 Å². The minimum absolute atomic E-state index is 0.00906. The van der Waals surface area contributed by atoms with Gasteiger partial charge in [-0.05, 0) is 13.3 Å². The van der Waals surface area contributed by atoms with Crippen LogP contribution in [0.5, 0.6) is 0 Å². The van der Waals surface area contributed by atoms with Crippen molar-refractivity contribution in [3.05, 3.63) is 5.82 Å². The normalized spacial score (nSPS) is 11.6. The predicted molar refractivity (Wildman–Crippen MR) is 57.4 cm³/mol. The maximum atomic E-state index is 11.3. The fraction of sp³-hybridized carbons (Fsp3) is 0.667. The third-order valence-electron chi connectivity index (χ3n) is 1.32. The molecule has 0 aliphatic heterocycles. The monoisotopic (exact) mass is 255 g/mol. The van der Waals surface area contributed by atoms with E-state index < -0.39 is 10.0 Å². The average molecular weight is 256 g/mol. The predicted octanol–water partition coefficient (Wildman–Crippen LogP) is 1.22. The van der Waals surface area contributed by atoms with Crippen LogP contribution in [0.2, 0.25) is 0 Å². The van der Waals surface area contributed by atoms with E-state index in [0.29, 0.717) is 23.3 Å². The van der Waals surface area contributed by atoms with E-state index >= 15 is 0 Å². The molecule has 0 saturated carbocycles. The molecule has 1 heterocycles. The van der Waals surface area contributed by atoms with Crippen LogP contribution in [-0.4, -0.2) is 29.4 Å². The van der Waals surface area contributed by atoms with Gasteiger partial charge in [-0.15, -0.1) is 11.6 Å². The third-order valence-corrected chi connectivity index (χ3v) is 3.77. The quantitative estimate of drug-likeness (QED) is 0.803. The smallest absolute Gasteiger partial charge is 0.234 e. The number of hydrogen-bond donors (Lipinski definition) is 1. The Morgan fingerprint density at radius 2 is 2.29 bits per heavy atom. The lowest BCUT2D eigenvalue weighted by molar-refractivity contribution is 0.600. The molecule has 0 aromatic carbocycles. The zero-order valence-corrected chi connectivity index (χ0v) is 9.92. The van der Waals surface area contributed by atoms with Crippen molar-refractivity contribution in [1.82, 2.24) is 9.36 Å². The highest BCUT2D eigenvalue weighted by molar-refractivity contribution is 7.92. The summed E-state index contributed by atoms with van der Waals surface area (Å²) in [5, 5.41) is 0.303. The van der Waals surface area contributed by atoms with E-state index in [-0.39, 0.29) is 5.75 Å². The van der Waals surface area contributed by atoms with Crippen molar-refractivity contribution in [2.45, 2.75) is 13.3 Å². The second-order valence-electron chi connectivity index (χ2n) is 2.61. The highest BCUT2D eigenvalue weighted by Crippen LogP contribution is 2.12. The van der Waals surface area contributed by atoms with Gasteiger partial charge in [0, 0.05) is 17.4 Å². The Balaban J connectivity index is 2.59. The van der Waals surface area contributed by atoms with Crippen molar-refractivity contribution in [2.75, 3.05) is 16.4 Å². The van der Waals surface area contributed by atoms with Crippen LogP contribution in [0, 0.1) is 6.92 Å². The summed E-state index contributed by atoms with van der Waals surface area (Å²) in [7, 11) is -3.31. The first-order valence-electron chi connectivity index (χ1n) is 3.90. The van der Waals surface area contributed by atoms with Gasteiger partial charge in [0.1, 0.15) is 5.82 Å². The van der Waals surface area contributed by atoms with Crippen molar-refractivity contribution < 1.29 is 8.42 Å². The van der Waals surface area contributed by atoms with Crippen molar-refractivity contribution in [1.29, 1.82) is 0 Å². The van der Waals surface area contributed by atoms with Crippen LogP contribution in [0.1, 0.15) is 12.2 Å². The number of halogens is 1. The Labute approximate surface area is 91.7 Å². The molecule has 5 nitrogen and oxygen atoms in total. The van der Waals surface area contributed by atoms with Gasteiger partial charge in [0.2, 0.25) is 15.2 Å². The molecule has 0 fully saturated rings. The standard InChI is InChI=1S/C6H10ClN3O2S2/c1-5-8-6(13-9-5)10-14(11,12)4-2-3-7/h2-4H2,1H3,(H,8,9,10). The van der Waals surface area contributed by atoms with E-state index in [4.69, 9.17) is 11.6 Å². The minimum atomic E-state index is -3.31. The molecule has 0 saturated heterocycles. The summed E-state index contributed by atoms with van der Waals surface area (Å²) < 4.78 is 28.9. The zero-order valence-electron chi connectivity index (χ0n) is 7.53. The molecule has 0 unspecified atom stereocenters. The van der Waals surface area contributed by atoms with E-state index in [0.717, 1.165) is 11.5 Å². The van der Waals surface area contributed by atoms with E-state index in [2.05, 4.69) is 14.1 Å². The fourth-order valence-electron chi connectivity index (χ4n) is 0.767. The molecule has 1 rings (SSSR count). The van der Waals surface area contributed by atoms with Crippen molar-refractivity contribution in [2.24, 2.45) is 0 Å². The molecular weight excluding hydrogens is 246 g/mol. The Kier molecular flexibility index (Phi) is 4.09. The summed E-state index contributed by atoms with van der Waals surface area (Å²) in [4.78, 5) is 3.89. The highest BCUT2D eigenvalue weighted by atomic mass is 35.5. The number of nitrogens with one attached hydrogen (secondary N) is 1. The Morgan fingerprint density at radius 1 is 1.57 bits per heavy atom. The summed E-state index contributed by atoms with van der Waals surface area (Å²) in [6.07, 6.45) is 0.425. The molecule has 8 heteroatoms. The average Bonchev–Trinajstić information content (AvgIpc) is 2.47. The highest BCUT2D eigenvalue weighted by Gasteiger charge is 2.12. The van der Waals surface area contributed by atoms with Gasteiger partial charge in [-0.3, -0.25) is 4.72 Å². The second kappa shape index (κ2) is 4.90. The number of sulfonamides is 1. The van der Waals surface area contributed by atoms with Crippen LogP contribution in [0.4, 0.5) is 5.13 Å². The van der Waals surface area contributed by atoms with Crippen LogP contribution in [0.15, 0.2) is 0 Å². The molecule has 0 aliphatic rings. The summed E-state index contributed by atoms with van der Waals surface area (Å²) in [5.41, 5.74) is 0. The van der Waals surface area contributed by atoms with E-state index in [1.807, 2.05) is 0 Å². The van der Waals surface area contributed by atoms with Gasteiger partial charge in [0.05, 0.1) is 5.75 Å². The first-order chi connectivity index (χ1) is 6.53. The Hall–Kier alpha value is -0.400. The van der Waals surface area contributed by atoms with Gasteiger partial charge in [-0.25, -0.2) is 13.4 Å². The largest absolute Gasteiger partial charge is 0.257 e. The molecule has 0 radical (unpaired) electrons. The van der Waals surface area contributed by atoms with Crippen LogP contribution in [0.25, 0.3) is 0 Å². The molecule has 0 amide bonds. The molecule has 80 valence electrons. The molecule has 14 heavy (non-hydrogen) atoms. The summed E-state index contributed by atoms with van der Waals surface area (Å²) in [5.74, 6) is 0.899. The number of alkyl halides is 1. The number of hydrogen-bond acceptors (Lipinski definition) is 5. The maximum absolute atomic E-state index is 11.3. The summed E-state index contributed by atoms with van der Waals surface area (Å²) in [6, 6.07) is 0. The van der Waals surface area contributed by atoms with Gasteiger partial charge in [-0.2, -0.15) is 4.37 Å². The maximum Gasteiger partial charge on any atom is 0.234 e. The molecule has 1 aromatic rings. The number of aromatic nitrogens is 2. The van der Waals surface area contributed by atoms with Gasteiger partial charge in [0.15, 0.2) is 0 Å². The lowest BCUT2D eigenvalue weighted by Gasteiger charge is -2.01. The molecule has 0 bridgehead atoms. The van der Waals surface area contributed by atoms with Crippen molar-refractivity contribution >= 4 is 38.3 Å². The van der Waals surface area contributed by atoms with Crippen LogP contribution < -0.4 is 4.72 Å². The van der Waals surface area contributed by atoms with Crippen LogP contribution in [-0.2, 0) is 10.0 Å². The first-order valence-corrected chi connectivity index (χ1v) is 6.86. The zero-order chi connectivity index (χ0) is 10.6. The minimum Gasteiger partial charge on any atom is -0.257 e. The lowest BCUT2D eigenvalue weighted by atomic mass is 10.6. The summed E-state index contributed by atoms with van der Waals surface area (Å²) >= 11 is 6.42. The van der Waals surface area contributed by atoms with Gasteiger partial charge >= 0.3 is 0 Å². The summed E-state index contributed by atoms with van der Waals surface area (Å²) in [6.45, 7) is 1.70. The molecule has 1 N–H and O–H groups in total. The molecule has 0 spiro atoms. The topological polar surface area (TPSA) is 72.0 Å². The Morgan fingerprint density at radius 3 is 2.79 bits per heavy atom. The van der Waals surface area contributed by atoms with Gasteiger partial charge in [0.25, 0.3) is 0 Å². The third kappa shape index (κ3) is 3.77. The van der Waals surface area contributed by atoms with E-state index in [9.17, 15) is 8.42 Å². The van der Waals surface area contributed by atoms with Crippen molar-refractivity contribution in [3.63, 3.8) is 0 Å². The molecule has 0 aliphatic carbocycles. The van der Waals surface area contributed by atoms with Crippen molar-refractivity contribution in [3.8, 4) is 0 Å².